The molecule has 7 nitrogen and oxygen atoms in total. The summed E-state index contributed by atoms with van der Waals surface area (Å²) in [5.41, 5.74) is 0.525. The highest BCUT2D eigenvalue weighted by atomic mass is 35.5. The molecule has 0 aliphatic carbocycles. The van der Waals surface area contributed by atoms with Gasteiger partial charge in [0.15, 0.2) is 0 Å². The van der Waals surface area contributed by atoms with Crippen LogP contribution in [0.5, 0.6) is 11.5 Å². The molecule has 2 heterocycles. The number of hydrogen-bond donors (Lipinski definition) is 2. The molecule has 1 aliphatic heterocycles. The zero-order chi connectivity index (χ0) is 26.0. The lowest BCUT2D eigenvalue weighted by molar-refractivity contribution is -0.137. The van der Waals surface area contributed by atoms with Crippen LogP contribution in [0.4, 0.5) is 24.7 Å². The number of nitrogens with one attached hydrogen (secondary N) is 2. The quantitative estimate of drug-likeness (QED) is 0.344. The Morgan fingerprint density at radius 2 is 1.78 bits per heavy atom. The van der Waals surface area contributed by atoms with Crippen molar-refractivity contribution < 1.29 is 22.7 Å². The minimum Gasteiger partial charge on any atom is -0.457 e. The minimum atomic E-state index is -4.67. The molecule has 0 atom stereocenters. The van der Waals surface area contributed by atoms with Crippen LogP contribution >= 0.6 is 11.6 Å². The first-order chi connectivity index (χ1) is 17.8. The van der Waals surface area contributed by atoms with Gasteiger partial charge in [0, 0.05) is 49.6 Å². The second kappa shape index (κ2) is 10.2. The number of fused-ring (bicyclic) bond motifs is 1. The predicted octanol–water partition coefficient (Wildman–Crippen LogP) is 5.76. The summed E-state index contributed by atoms with van der Waals surface area (Å²) >= 11 is 5.65. The molecule has 5 rings (SSSR count). The third-order valence-electron chi connectivity index (χ3n) is 5.80. The maximum absolute atomic E-state index is 13.1. The van der Waals surface area contributed by atoms with E-state index in [1.54, 1.807) is 42.6 Å². The van der Waals surface area contributed by atoms with Crippen LogP contribution in [0.25, 0.3) is 11.0 Å². The molecule has 4 aromatic rings. The third kappa shape index (κ3) is 5.76. The first-order valence-corrected chi connectivity index (χ1v) is 11.8. The molecule has 0 saturated carbocycles. The maximum Gasteiger partial charge on any atom is 0.417 e. The Morgan fingerprint density at radius 3 is 2.57 bits per heavy atom. The van der Waals surface area contributed by atoms with Crippen molar-refractivity contribution in [2.24, 2.45) is 0 Å². The summed E-state index contributed by atoms with van der Waals surface area (Å²) in [5.74, 6) is 1.04. The van der Waals surface area contributed by atoms with Crippen molar-refractivity contribution in [1.82, 2.24) is 15.3 Å². The number of benzene rings is 3. The number of anilines is 2. The number of nitrogens with zero attached hydrogens (tertiary/aromatic N) is 3. The number of hydrogen-bond acceptors (Lipinski definition) is 6. The number of halogens is 4. The summed E-state index contributed by atoms with van der Waals surface area (Å²) in [6.45, 7) is 3.47. The zero-order valence-corrected chi connectivity index (χ0v) is 20.1. The summed E-state index contributed by atoms with van der Waals surface area (Å²) in [5, 5.41) is 5.43. The predicted molar refractivity (Wildman–Crippen MR) is 136 cm³/mol. The smallest absolute Gasteiger partial charge is 0.417 e. The first-order valence-electron chi connectivity index (χ1n) is 11.4. The molecular weight excluding hydrogens is 507 g/mol. The maximum atomic E-state index is 13.1. The van der Waals surface area contributed by atoms with Gasteiger partial charge in [0.05, 0.1) is 27.8 Å². The average Bonchev–Trinajstić information content (AvgIpc) is 2.88. The third-order valence-corrected chi connectivity index (χ3v) is 6.13. The molecule has 0 unspecified atom stereocenters. The van der Waals surface area contributed by atoms with E-state index in [2.05, 4.69) is 20.5 Å². The monoisotopic (exact) mass is 527 g/mol. The van der Waals surface area contributed by atoms with Gasteiger partial charge in [-0.2, -0.15) is 13.2 Å². The second-order valence-corrected chi connectivity index (χ2v) is 8.80. The Hall–Kier alpha value is -3.89. The number of piperazine rings is 1. The number of alkyl halides is 3. The van der Waals surface area contributed by atoms with Crippen molar-refractivity contribution in [2.75, 3.05) is 36.4 Å². The van der Waals surface area contributed by atoms with Gasteiger partial charge >= 0.3 is 6.18 Å². The molecule has 11 heteroatoms. The number of amides is 1. The standard InChI is InChI=1S/C26H21ClF3N5O2/c27-21-6-4-16(12-20(21)26(28,29)30)25(36)33-17-2-1-3-18(13-17)37-19-5-7-22-23(14-19)34-24(15-32-22)35-10-8-31-9-11-35/h1-7,12-15,31H,8-11H2,(H,33,36). The lowest BCUT2D eigenvalue weighted by Crippen LogP contribution is -2.43. The molecule has 1 amide bonds. The molecule has 190 valence electrons. The Bertz CT molecular complexity index is 1460. The lowest BCUT2D eigenvalue weighted by atomic mass is 10.1. The normalized spacial score (nSPS) is 14.0. The summed E-state index contributed by atoms with van der Waals surface area (Å²) in [7, 11) is 0. The molecule has 1 fully saturated rings. The number of carbonyl (C=O) groups excluding carboxylic acids is 1. The van der Waals surface area contributed by atoms with Gasteiger partial charge in [-0.05, 0) is 42.5 Å². The fourth-order valence-corrected chi connectivity index (χ4v) is 4.18. The molecule has 0 spiro atoms. The van der Waals surface area contributed by atoms with Crippen LogP contribution in [0.1, 0.15) is 15.9 Å². The number of carbonyl (C=O) groups is 1. The highest BCUT2D eigenvalue weighted by Gasteiger charge is 2.33. The summed E-state index contributed by atoms with van der Waals surface area (Å²) < 4.78 is 45.4. The van der Waals surface area contributed by atoms with Gasteiger partial charge < -0.3 is 20.3 Å². The topological polar surface area (TPSA) is 79.4 Å². The molecular formula is C26H21ClF3N5O2. The molecule has 1 aromatic heterocycles. The Balaban J connectivity index is 1.32. The van der Waals surface area contributed by atoms with E-state index < -0.39 is 22.7 Å². The summed E-state index contributed by atoms with van der Waals surface area (Å²) in [6, 6.07) is 14.9. The molecule has 2 N–H and O–H groups in total. The van der Waals surface area contributed by atoms with Crippen molar-refractivity contribution >= 4 is 40.0 Å². The van der Waals surface area contributed by atoms with E-state index in [1.807, 2.05) is 6.07 Å². The number of ether oxygens (including phenoxy) is 1. The Labute approximate surface area is 215 Å². The van der Waals surface area contributed by atoms with Crippen LogP contribution in [-0.4, -0.2) is 42.1 Å². The SMILES string of the molecule is O=C(Nc1cccc(Oc2ccc3ncc(N4CCNCC4)nc3c2)c1)c1ccc(Cl)c(C(F)(F)F)c1. The van der Waals surface area contributed by atoms with E-state index in [9.17, 15) is 18.0 Å². The van der Waals surface area contributed by atoms with Crippen LogP contribution in [0.3, 0.4) is 0 Å². The van der Waals surface area contributed by atoms with Crippen molar-refractivity contribution in [2.45, 2.75) is 6.18 Å². The van der Waals surface area contributed by atoms with Crippen molar-refractivity contribution in [1.29, 1.82) is 0 Å². The number of rotatable bonds is 5. The van der Waals surface area contributed by atoms with Crippen molar-refractivity contribution in [3.8, 4) is 11.5 Å². The minimum absolute atomic E-state index is 0.170. The highest BCUT2D eigenvalue weighted by molar-refractivity contribution is 6.31. The molecule has 3 aromatic carbocycles. The summed E-state index contributed by atoms with van der Waals surface area (Å²) in [6.07, 6.45) is -2.91. The van der Waals surface area contributed by atoms with E-state index in [0.29, 0.717) is 22.7 Å². The largest absolute Gasteiger partial charge is 0.457 e. The Morgan fingerprint density at radius 1 is 1.00 bits per heavy atom. The van der Waals surface area contributed by atoms with Crippen LogP contribution < -0.4 is 20.3 Å². The van der Waals surface area contributed by atoms with Gasteiger partial charge in [-0.15, -0.1) is 0 Å². The van der Waals surface area contributed by atoms with Gasteiger partial charge in [-0.1, -0.05) is 17.7 Å². The van der Waals surface area contributed by atoms with Crippen LogP contribution in [-0.2, 0) is 6.18 Å². The molecule has 0 bridgehead atoms. The van der Waals surface area contributed by atoms with Gasteiger partial charge in [0.1, 0.15) is 17.3 Å². The number of aromatic nitrogens is 2. The van der Waals surface area contributed by atoms with Gasteiger partial charge in [-0.25, -0.2) is 4.98 Å². The average molecular weight is 528 g/mol. The Kier molecular flexibility index (Phi) is 6.86. The van der Waals surface area contributed by atoms with Crippen LogP contribution in [0.15, 0.2) is 66.9 Å². The van der Waals surface area contributed by atoms with E-state index >= 15 is 0 Å². The van der Waals surface area contributed by atoms with Crippen molar-refractivity contribution in [3.05, 3.63) is 83.0 Å². The molecule has 1 saturated heterocycles. The van der Waals surface area contributed by atoms with E-state index in [4.69, 9.17) is 21.3 Å². The molecule has 0 radical (unpaired) electrons. The highest BCUT2D eigenvalue weighted by Crippen LogP contribution is 2.35. The van der Waals surface area contributed by atoms with Crippen LogP contribution in [0, 0.1) is 0 Å². The molecule has 37 heavy (non-hydrogen) atoms. The van der Waals surface area contributed by atoms with Gasteiger partial charge in [0.25, 0.3) is 5.91 Å². The van der Waals surface area contributed by atoms with Gasteiger partial charge in [-0.3, -0.25) is 9.78 Å². The fourth-order valence-electron chi connectivity index (χ4n) is 3.95. The zero-order valence-electron chi connectivity index (χ0n) is 19.3. The van der Waals surface area contributed by atoms with E-state index in [1.165, 1.54) is 6.07 Å². The van der Waals surface area contributed by atoms with E-state index in [0.717, 1.165) is 49.6 Å². The molecule has 1 aliphatic rings. The summed E-state index contributed by atoms with van der Waals surface area (Å²) in [4.78, 5) is 24.0. The fraction of sp³-hybridized carbons (Fsp3) is 0.192. The second-order valence-electron chi connectivity index (χ2n) is 8.39. The van der Waals surface area contributed by atoms with Gasteiger partial charge in [0.2, 0.25) is 0 Å². The van der Waals surface area contributed by atoms with E-state index in [-0.39, 0.29) is 5.56 Å². The van der Waals surface area contributed by atoms with Crippen molar-refractivity contribution in [3.63, 3.8) is 0 Å². The first kappa shape index (κ1) is 24.8. The lowest BCUT2D eigenvalue weighted by Gasteiger charge is -2.28. The van der Waals surface area contributed by atoms with Crippen LogP contribution in [0.2, 0.25) is 5.02 Å².